The molecule has 0 aliphatic carbocycles. The van der Waals surface area contributed by atoms with Crippen LogP contribution in [0.4, 0.5) is 0 Å². The molecule has 72 valence electrons. The van der Waals surface area contributed by atoms with Gasteiger partial charge in [0.1, 0.15) is 5.76 Å². The Kier molecular flexibility index (Phi) is 2.81. The van der Waals surface area contributed by atoms with Crippen LogP contribution in [0, 0.1) is 5.41 Å². The van der Waals surface area contributed by atoms with Crippen LogP contribution < -0.4 is 0 Å². The first-order chi connectivity index (χ1) is 5.92. The number of aliphatic carboxylic acids is 1. The van der Waals surface area contributed by atoms with Crippen LogP contribution in [-0.2, 0) is 11.2 Å². The van der Waals surface area contributed by atoms with E-state index in [1.807, 2.05) is 0 Å². The fourth-order valence-electron chi connectivity index (χ4n) is 0.958. The van der Waals surface area contributed by atoms with Gasteiger partial charge in [0.2, 0.25) is 0 Å². The van der Waals surface area contributed by atoms with E-state index in [1.54, 1.807) is 26.0 Å². The largest absolute Gasteiger partial charge is 0.481 e. The lowest BCUT2D eigenvalue weighted by molar-refractivity contribution is -0.147. The van der Waals surface area contributed by atoms with Crippen LogP contribution >= 0.6 is 15.9 Å². The molecule has 1 heterocycles. The predicted molar refractivity (Wildman–Crippen MR) is 51.5 cm³/mol. The van der Waals surface area contributed by atoms with Gasteiger partial charge in [0.05, 0.1) is 5.41 Å². The van der Waals surface area contributed by atoms with Crippen molar-refractivity contribution in [3.8, 4) is 0 Å². The molecule has 3 nitrogen and oxygen atoms in total. The van der Waals surface area contributed by atoms with E-state index in [0.717, 1.165) is 0 Å². The average molecular weight is 247 g/mol. The molecule has 0 bridgehead atoms. The lowest BCUT2D eigenvalue weighted by atomic mass is 9.88. The Balaban J connectivity index is 2.74. The van der Waals surface area contributed by atoms with Crippen LogP contribution in [0.15, 0.2) is 21.2 Å². The second kappa shape index (κ2) is 3.54. The minimum absolute atomic E-state index is 0.397. The Morgan fingerprint density at radius 2 is 2.23 bits per heavy atom. The summed E-state index contributed by atoms with van der Waals surface area (Å²) in [7, 11) is 0. The van der Waals surface area contributed by atoms with Crippen LogP contribution in [0.1, 0.15) is 19.6 Å². The van der Waals surface area contributed by atoms with Crippen LogP contribution in [0.3, 0.4) is 0 Å². The number of carbonyl (C=O) groups is 1. The smallest absolute Gasteiger partial charge is 0.309 e. The number of carboxylic acids is 1. The molecule has 0 spiro atoms. The summed E-state index contributed by atoms with van der Waals surface area (Å²) in [4.78, 5) is 10.8. The zero-order valence-corrected chi connectivity index (χ0v) is 9.09. The summed E-state index contributed by atoms with van der Waals surface area (Å²) in [6.07, 6.45) is 0.397. The lowest BCUT2D eigenvalue weighted by Crippen LogP contribution is -2.25. The van der Waals surface area contributed by atoms with Gasteiger partial charge in [-0.15, -0.1) is 0 Å². The van der Waals surface area contributed by atoms with Gasteiger partial charge in [-0.1, -0.05) is 0 Å². The molecule has 0 saturated heterocycles. The highest BCUT2D eigenvalue weighted by molar-refractivity contribution is 9.10. The summed E-state index contributed by atoms with van der Waals surface area (Å²) in [5.41, 5.74) is -0.780. The van der Waals surface area contributed by atoms with Crippen LogP contribution in [0.25, 0.3) is 0 Å². The van der Waals surface area contributed by atoms with Gasteiger partial charge in [-0.2, -0.15) is 0 Å². The Hall–Kier alpha value is -0.770. The quantitative estimate of drug-likeness (QED) is 0.893. The Morgan fingerprint density at radius 3 is 2.62 bits per heavy atom. The second-order valence-electron chi connectivity index (χ2n) is 3.57. The molecule has 0 atom stereocenters. The topological polar surface area (TPSA) is 50.4 Å². The van der Waals surface area contributed by atoms with Gasteiger partial charge in [0, 0.05) is 6.42 Å². The lowest BCUT2D eigenvalue weighted by Gasteiger charge is -2.16. The van der Waals surface area contributed by atoms with E-state index in [9.17, 15) is 4.79 Å². The molecule has 1 rings (SSSR count). The van der Waals surface area contributed by atoms with E-state index in [1.165, 1.54) is 0 Å². The molecule has 0 saturated carbocycles. The molecule has 0 aliphatic rings. The minimum Gasteiger partial charge on any atom is -0.481 e. The van der Waals surface area contributed by atoms with Crippen LogP contribution in [0.2, 0.25) is 0 Å². The van der Waals surface area contributed by atoms with Gasteiger partial charge in [0.15, 0.2) is 4.67 Å². The van der Waals surface area contributed by atoms with Crippen molar-refractivity contribution in [2.45, 2.75) is 20.3 Å². The first kappa shape index (κ1) is 10.3. The molecule has 0 fully saturated rings. The highest BCUT2D eigenvalue weighted by Crippen LogP contribution is 2.24. The Labute approximate surface area is 84.9 Å². The second-order valence-corrected chi connectivity index (χ2v) is 4.35. The number of rotatable bonds is 3. The van der Waals surface area contributed by atoms with Crippen molar-refractivity contribution < 1.29 is 14.3 Å². The standard InChI is InChI=1S/C9H11BrO3/c1-9(2,8(11)12)5-6-3-4-7(10)13-6/h3-4H,5H2,1-2H3,(H,11,12). The Morgan fingerprint density at radius 1 is 1.62 bits per heavy atom. The third-order valence-electron chi connectivity index (χ3n) is 1.82. The number of furan rings is 1. The van der Waals surface area contributed by atoms with Gasteiger partial charge in [0.25, 0.3) is 0 Å². The molecule has 0 unspecified atom stereocenters. The minimum atomic E-state index is -0.819. The van der Waals surface area contributed by atoms with E-state index < -0.39 is 11.4 Å². The first-order valence-corrected chi connectivity index (χ1v) is 4.69. The summed E-state index contributed by atoms with van der Waals surface area (Å²) in [5, 5.41) is 8.86. The van der Waals surface area contributed by atoms with Gasteiger partial charge in [-0.05, 0) is 41.9 Å². The zero-order chi connectivity index (χ0) is 10.1. The van der Waals surface area contributed by atoms with Crippen molar-refractivity contribution in [1.82, 2.24) is 0 Å². The average Bonchev–Trinajstić information content (AvgIpc) is 2.34. The third kappa shape index (κ3) is 2.59. The van der Waals surface area contributed by atoms with Crippen LogP contribution in [0.5, 0.6) is 0 Å². The van der Waals surface area contributed by atoms with Gasteiger partial charge >= 0.3 is 5.97 Å². The van der Waals surface area contributed by atoms with E-state index in [4.69, 9.17) is 9.52 Å². The van der Waals surface area contributed by atoms with E-state index in [2.05, 4.69) is 15.9 Å². The molecule has 4 heteroatoms. The molecular weight excluding hydrogens is 236 g/mol. The molecule has 1 aromatic heterocycles. The van der Waals surface area contributed by atoms with Gasteiger partial charge in [-0.3, -0.25) is 4.79 Å². The molecule has 1 aromatic rings. The van der Waals surface area contributed by atoms with Gasteiger partial charge in [-0.25, -0.2) is 0 Å². The first-order valence-electron chi connectivity index (χ1n) is 3.89. The van der Waals surface area contributed by atoms with Crippen molar-refractivity contribution in [3.63, 3.8) is 0 Å². The molecular formula is C9H11BrO3. The number of halogens is 1. The van der Waals surface area contributed by atoms with Crippen molar-refractivity contribution >= 4 is 21.9 Å². The monoisotopic (exact) mass is 246 g/mol. The fraction of sp³-hybridized carbons (Fsp3) is 0.444. The summed E-state index contributed by atoms with van der Waals surface area (Å²) in [6.45, 7) is 3.34. The highest BCUT2D eigenvalue weighted by atomic mass is 79.9. The fourth-order valence-corrected chi connectivity index (χ4v) is 1.30. The number of hydrogen-bond acceptors (Lipinski definition) is 2. The van der Waals surface area contributed by atoms with Gasteiger partial charge < -0.3 is 9.52 Å². The predicted octanol–water partition coefficient (Wildman–Crippen LogP) is 2.70. The molecule has 0 radical (unpaired) electrons. The van der Waals surface area contributed by atoms with Crippen LogP contribution in [-0.4, -0.2) is 11.1 Å². The molecule has 13 heavy (non-hydrogen) atoms. The maximum atomic E-state index is 10.8. The molecule has 0 aromatic carbocycles. The number of hydrogen-bond donors (Lipinski definition) is 1. The summed E-state index contributed by atoms with van der Waals surface area (Å²) < 4.78 is 5.85. The van der Waals surface area contributed by atoms with Crippen molar-refractivity contribution in [1.29, 1.82) is 0 Å². The third-order valence-corrected chi connectivity index (χ3v) is 2.25. The summed E-state index contributed by atoms with van der Waals surface area (Å²) in [6, 6.07) is 3.53. The highest BCUT2D eigenvalue weighted by Gasteiger charge is 2.28. The number of carboxylic acid groups (broad SMARTS) is 1. The Bertz CT molecular complexity index is 314. The van der Waals surface area contributed by atoms with E-state index in [0.29, 0.717) is 16.9 Å². The maximum absolute atomic E-state index is 10.8. The van der Waals surface area contributed by atoms with Crippen molar-refractivity contribution in [2.24, 2.45) is 5.41 Å². The van der Waals surface area contributed by atoms with Crippen molar-refractivity contribution in [2.75, 3.05) is 0 Å². The summed E-state index contributed by atoms with van der Waals surface area (Å²) in [5.74, 6) is -0.140. The SMILES string of the molecule is CC(C)(Cc1ccc(Br)o1)C(=O)O. The van der Waals surface area contributed by atoms with E-state index >= 15 is 0 Å². The maximum Gasteiger partial charge on any atom is 0.309 e. The van der Waals surface area contributed by atoms with Crippen molar-refractivity contribution in [3.05, 3.63) is 22.6 Å². The normalized spacial score (nSPS) is 11.6. The molecule has 0 aliphatic heterocycles. The zero-order valence-electron chi connectivity index (χ0n) is 7.50. The summed E-state index contributed by atoms with van der Waals surface area (Å²) >= 11 is 3.16. The van der Waals surface area contributed by atoms with E-state index in [-0.39, 0.29) is 0 Å². The molecule has 0 amide bonds. The molecule has 1 N–H and O–H groups in total.